The van der Waals surface area contributed by atoms with Gasteiger partial charge in [0, 0.05) is 54.4 Å². The standard InChI is InChI=1S/C21H31N5O2S/c1-6-22-21(23-12-20-14(2)24-15(3)29-20)25-16-7-8-26(13-16)17-9-18(27-4)11-19(10-17)28-5/h9-11,16H,6-8,12-13H2,1-5H3,(H2,22,23,25). The van der Waals surface area contributed by atoms with Crippen LogP contribution in [0.2, 0.25) is 0 Å². The highest BCUT2D eigenvalue weighted by Gasteiger charge is 2.24. The highest BCUT2D eigenvalue weighted by molar-refractivity contribution is 7.11. The van der Waals surface area contributed by atoms with Gasteiger partial charge >= 0.3 is 0 Å². The molecule has 158 valence electrons. The van der Waals surface area contributed by atoms with Crippen molar-refractivity contribution < 1.29 is 9.47 Å². The lowest BCUT2D eigenvalue weighted by molar-refractivity contribution is 0.394. The molecule has 29 heavy (non-hydrogen) atoms. The van der Waals surface area contributed by atoms with E-state index in [0.717, 1.165) is 59.9 Å². The van der Waals surface area contributed by atoms with Gasteiger partial charge in [0.1, 0.15) is 11.5 Å². The van der Waals surface area contributed by atoms with E-state index >= 15 is 0 Å². The Morgan fingerprint density at radius 2 is 1.97 bits per heavy atom. The van der Waals surface area contributed by atoms with Crippen molar-refractivity contribution in [2.45, 2.75) is 39.8 Å². The first kappa shape index (κ1) is 21.2. The zero-order valence-electron chi connectivity index (χ0n) is 17.9. The molecule has 2 aromatic rings. The third-order valence-electron chi connectivity index (χ3n) is 4.96. The van der Waals surface area contributed by atoms with Gasteiger partial charge in [0.25, 0.3) is 0 Å². The molecular weight excluding hydrogens is 386 g/mol. The van der Waals surface area contributed by atoms with Gasteiger partial charge in [0.15, 0.2) is 5.96 Å². The lowest BCUT2D eigenvalue weighted by atomic mass is 10.2. The van der Waals surface area contributed by atoms with Crippen LogP contribution in [-0.4, -0.2) is 50.8 Å². The van der Waals surface area contributed by atoms with Crippen molar-refractivity contribution in [1.29, 1.82) is 0 Å². The van der Waals surface area contributed by atoms with Gasteiger partial charge in [0.05, 0.1) is 31.5 Å². The Morgan fingerprint density at radius 1 is 1.24 bits per heavy atom. The Labute approximate surface area is 177 Å². The number of aryl methyl sites for hydroxylation is 2. The van der Waals surface area contributed by atoms with Crippen LogP contribution in [0.3, 0.4) is 0 Å². The lowest BCUT2D eigenvalue weighted by Crippen LogP contribution is -2.44. The number of benzene rings is 1. The molecule has 0 radical (unpaired) electrons. The van der Waals surface area contributed by atoms with E-state index in [1.807, 2.05) is 19.9 Å². The minimum atomic E-state index is 0.328. The molecule has 3 rings (SSSR count). The van der Waals surface area contributed by atoms with Gasteiger partial charge < -0.3 is 25.0 Å². The van der Waals surface area contributed by atoms with Crippen LogP contribution in [0.15, 0.2) is 23.2 Å². The summed E-state index contributed by atoms with van der Waals surface area (Å²) in [5.74, 6) is 2.47. The molecule has 2 N–H and O–H groups in total. The largest absolute Gasteiger partial charge is 0.497 e. The average molecular weight is 418 g/mol. The molecule has 1 saturated heterocycles. The zero-order valence-corrected chi connectivity index (χ0v) is 18.7. The van der Waals surface area contributed by atoms with E-state index in [0.29, 0.717) is 12.6 Å². The Morgan fingerprint density at radius 3 is 2.55 bits per heavy atom. The van der Waals surface area contributed by atoms with E-state index in [1.165, 1.54) is 4.88 Å². The van der Waals surface area contributed by atoms with Gasteiger partial charge in [-0.3, -0.25) is 0 Å². The van der Waals surface area contributed by atoms with Gasteiger partial charge in [-0.1, -0.05) is 0 Å². The number of hydrogen-bond acceptors (Lipinski definition) is 6. The van der Waals surface area contributed by atoms with Crippen LogP contribution < -0.4 is 25.0 Å². The number of nitrogens with one attached hydrogen (secondary N) is 2. The van der Waals surface area contributed by atoms with Crippen LogP contribution in [0.4, 0.5) is 5.69 Å². The number of anilines is 1. The fraction of sp³-hybridized carbons (Fsp3) is 0.524. The summed E-state index contributed by atoms with van der Waals surface area (Å²) >= 11 is 1.72. The van der Waals surface area contributed by atoms with Crippen LogP contribution in [0, 0.1) is 13.8 Å². The van der Waals surface area contributed by atoms with E-state index in [1.54, 1.807) is 25.6 Å². The second-order valence-corrected chi connectivity index (χ2v) is 8.37. The van der Waals surface area contributed by atoms with Crippen LogP contribution >= 0.6 is 11.3 Å². The van der Waals surface area contributed by atoms with Gasteiger partial charge in [-0.25, -0.2) is 9.98 Å². The highest BCUT2D eigenvalue weighted by Crippen LogP contribution is 2.30. The number of aliphatic imine (C=N–C) groups is 1. The summed E-state index contributed by atoms with van der Waals surface area (Å²) in [5, 5.41) is 8.04. The predicted molar refractivity (Wildman–Crippen MR) is 120 cm³/mol. The van der Waals surface area contributed by atoms with Gasteiger partial charge in [-0.2, -0.15) is 0 Å². The predicted octanol–water partition coefficient (Wildman–Crippen LogP) is 3.11. The number of methoxy groups -OCH3 is 2. The van der Waals surface area contributed by atoms with Crippen molar-refractivity contribution in [3.05, 3.63) is 33.8 Å². The maximum atomic E-state index is 5.41. The van der Waals surface area contributed by atoms with E-state index in [4.69, 9.17) is 14.5 Å². The van der Waals surface area contributed by atoms with Crippen molar-refractivity contribution in [3.63, 3.8) is 0 Å². The first-order valence-electron chi connectivity index (χ1n) is 9.98. The molecule has 2 heterocycles. The normalized spacial score (nSPS) is 16.8. The molecule has 8 heteroatoms. The molecule has 0 saturated carbocycles. The monoisotopic (exact) mass is 417 g/mol. The molecule has 0 amide bonds. The summed E-state index contributed by atoms with van der Waals surface area (Å²) in [6, 6.07) is 6.33. The van der Waals surface area contributed by atoms with E-state index in [-0.39, 0.29) is 0 Å². The minimum Gasteiger partial charge on any atom is -0.497 e. The van der Waals surface area contributed by atoms with Gasteiger partial charge in [-0.15, -0.1) is 11.3 Å². The molecular formula is C21H31N5O2S. The summed E-state index contributed by atoms with van der Waals surface area (Å²) in [6.07, 6.45) is 1.04. The Balaban J connectivity index is 1.65. The third-order valence-corrected chi connectivity index (χ3v) is 6.01. The SMILES string of the molecule is CCNC(=NCc1sc(C)nc1C)NC1CCN(c2cc(OC)cc(OC)c2)C1. The van der Waals surface area contributed by atoms with Crippen molar-refractivity contribution in [3.8, 4) is 11.5 Å². The molecule has 1 atom stereocenters. The van der Waals surface area contributed by atoms with E-state index in [2.05, 4.69) is 39.6 Å². The van der Waals surface area contributed by atoms with Crippen molar-refractivity contribution in [1.82, 2.24) is 15.6 Å². The van der Waals surface area contributed by atoms with Crippen molar-refractivity contribution in [2.75, 3.05) is 38.8 Å². The number of rotatable bonds is 7. The van der Waals surface area contributed by atoms with Gasteiger partial charge in [-0.05, 0) is 27.2 Å². The number of hydrogen-bond donors (Lipinski definition) is 2. The zero-order chi connectivity index (χ0) is 20.8. The molecule has 1 aliphatic heterocycles. The smallest absolute Gasteiger partial charge is 0.191 e. The van der Waals surface area contributed by atoms with Crippen molar-refractivity contribution in [2.24, 2.45) is 4.99 Å². The van der Waals surface area contributed by atoms with E-state index < -0.39 is 0 Å². The number of thiazole rings is 1. The fourth-order valence-electron chi connectivity index (χ4n) is 3.47. The first-order valence-corrected chi connectivity index (χ1v) is 10.8. The number of aromatic nitrogens is 1. The Bertz CT molecular complexity index is 829. The molecule has 0 aliphatic carbocycles. The highest BCUT2D eigenvalue weighted by atomic mass is 32.1. The number of nitrogens with zero attached hydrogens (tertiary/aromatic N) is 3. The quantitative estimate of drug-likeness (QED) is 0.533. The minimum absolute atomic E-state index is 0.328. The molecule has 7 nitrogen and oxygen atoms in total. The topological polar surface area (TPSA) is 71.0 Å². The van der Waals surface area contributed by atoms with E-state index in [9.17, 15) is 0 Å². The molecule has 1 aromatic carbocycles. The van der Waals surface area contributed by atoms with Crippen molar-refractivity contribution >= 4 is 23.0 Å². The maximum Gasteiger partial charge on any atom is 0.191 e. The molecule has 1 aromatic heterocycles. The third kappa shape index (κ3) is 5.53. The fourth-order valence-corrected chi connectivity index (χ4v) is 4.33. The Kier molecular flexibility index (Phi) is 7.19. The summed E-state index contributed by atoms with van der Waals surface area (Å²) in [7, 11) is 3.36. The van der Waals surface area contributed by atoms with Crippen LogP contribution in [0.5, 0.6) is 11.5 Å². The molecule has 1 unspecified atom stereocenters. The molecule has 1 fully saturated rings. The first-order chi connectivity index (χ1) is 14.0. The summed E-state index contributed by atoms with van der Waals surface area (Å²) in [4.78, 5) is 12.8. The Hall–Kier alpha value is -2.48. The molecule has 0 bridgehead atoms. The second kappa shape index (κ2) is 9.82. The number of ether oxygens (including phenoxy) is 2. The van der Waals surface area contributed by atoms with Crippen LogP contribution in [-0.2, 0) is 6.54 Å². The van der Waals surface area contributed by atoms with Crippen LogP contribution in [0.25, 0.3) is 0 Å². The average Bonchev–Trinajstić information content (AvgIpc) is 3.31. The second-order valence-electron chi connectivity index (χ2n) is 7.08. The van der Waals surface area contributed by atoms with Gasteiger partial charge in [0.2, 0.25) is 0 Å². The summed E-state index contributed by atoms with van der Waals surface area (Å²) in [6.45, 7) is 9.52. The maximum absolute atomic E-state index is 5.41. The number of guanidine groups is 1. The summed E-state index contributed by atoms with van der Waals surface area (Å²) < 4.78 is 10.8. The molecule has 1 aliphatic rings. The molecule has 0 spiro atoms. The van der Waals surface area contributed by atoms with Crippen LogP contribution in [0.1, 0.15) is 28.9 Å². The summed E-state index contributed by atoms with van der Waals surface area (Å²) in [5.41, 5.74) is 2.19. The lowest BCUT2D eigenvalue weighted by Gasteiger charge is -2.21.